The standard InChI is InChI=1S/C19H27N5O2/c1-19(2,3)26-16-11-14(17(16)24-10-6-8-21-24)22-18(25)13-12-20-9-7-15(13)23(4)5/h6-10,12,14,16-17H,11H2,1-5H3,(H,22,25). The fraction of sp³-hybridized carbons (Fsp3) is 0.526. The predicted molar refractivity (Wildman–Crippen MR) is 100 cm³/mol. The molecule has 2 aromatic rings. The van der Waals surface area contributed by atoms with Crippen LogP contribution in [0.4, 0.5) is 5.69 Å². The number of ether oxygens (including phenoxy) is 1. The van der Waals surface area contributed by atoms with Crippen LogP contribution >= 0.6 is 0 Å². The summed E-state index contributed by atoms with van der Waals surface area (Å²) >= 11 is 0. The summed E-state index contributed by atoms with van der Waals surface area (Å²) in [4.78, 5) is 18.8. The van der Waals surface area contributed by atoms with Crippen molar-refractivity contribution in [1.29, 1.82) is 0 Å². The topological polar surface area (TPSA) is 72.3 Å². The fourth-order valence-corrected chi connectivity index (χ4v) is 3.32. The molecule has 1 saturated carbocycles. The van der Waals surface area contributed by atoms with Crippen molar-refractivity contribution in [2.24, 2.45) is 0 Å². The SMILES string of the molecule is CN(C)c1ccncc1C(=O)NC1CC(OC(C)(C)C)C1n1cccn1. The van der Waals surface area contributed by atoms with Gasteiger partial charge in [-0.2, -0.15) is 5.10 Å². The van der Waals surface area contributed by atoms with E-state index in [0.29, 0.717) is 5.56 Å². The molecule has 3 rings (SSSR count). The molecule has 0 bridgehead atoms. The number of aromatic nitrogens is 3. The summed E-state index contributed by atoms with van der Waals surface area (Å²) in [6.07, 6.45) is 7.73. The first-order valence-corrected chi connectivity index (χ1v) is 8.85. The Morgan fingerprint density at radius 1 is 1.35 bits per heavy atom. The smallest absolute Gasteiger partial charge is 0.255 e. The minimum atomic E-state index is -0.244. The van der Waals surface area contributed by atoms with Crippen LogP contribution in [0, 0.1) is 0 Å². The summed E-state index contributed by atoms with van der Waals surface area (Å²) in [5.74, 6) is -0.127. The zero-order chi connectivity index (χ0) is 18.9. The molecule has 26 heavy (non-hydrogen) atoms. The lowest BCUT2D eigenvalue weighted by molar-refractivity contribution is -0.132. The van der Waals surface area contributed by atoms with E-state index in [1.54, 1.807) is 18.6 Å². The van der Waals surface area contributed by atoms with Crippen molar-refractivity contribution >= 4 is 11.6 Å². The molecule has 1 amide bonds. The number of pyridine rings is 1. The maximum absolute atomic E-state index is 12.8. The molecule has 1 aliphatic carbocycles. The van der Waals surface area contributed by atoms with Crippen molar-refractivity contribution in [3.63, 3.8) is 0 Å². The highest BCUT2D eigenvalue weighted by Crippen LogP contribution is 2.37. The second-order valence-electron chi connectivity index (χ2n) is 7.85. The molecule has 3 unspecified atom stereocenters. The van der Waals surface area contributed by atoms with Crippen LogP contribution in [0.5, 0.6) is 0 Å². The number of rotatable bonds is 5. The normalized spacial score (nSPS) is 22.6. The molecule has 2 aromatic heterocycles. The molecule has 1 N–H and O–H groups in total. The molecule has 0 radical (unpaired) electrons. The lowest BCUT2D eigenvalue weighted by Crippen LogP contribution is -2.58. The van der Waals surface area contributed by atoms with Crippen molar-refractivity contribution in [3.05, 3.63) is 42.5 Å². The number of carbonyl (C=O) groups is 1. The van der Waals surface area contributed by atoms with Gasteiger partial charge in [0.05, 0.1) is 35.0 Å². The first-order valence-electron chi connectivity index (χ1n) is 8.85. The third-order valence-electron chi connectivity index (χ3n) is 4.46. The number of anilines is 1. The van der Waals surface area contributed by atoms with E-state index in [9.17, 15) is 4.79 Å². The highest BCUT2D eigenvalue weighted by Gasteiger charge is 2.46. The van der Waals surface area contributed by atoms with Gasteiger partial charge in [-0.05, 0) is 39.3 Å². The Balaban J connectivity index is 1.76. The minimum absolute atomic E-state index is 0.0161. The molecule has 1 aliphatic rings. The zero-order valence-corrected chi connectivity index (χ0v) is 16.0. The van der Waals surface area contributed by atoms with Gasteiger partial charge in [0.25, 0.3) is 5.91 Å². The summed E-state index contributed by atoms with van der Waals surface area (Å²) < 4.78 is 8.03. The van der Waals surface area contributed by atoms with E-state index in [4.69, 9.17) is 4.74 Å². The second-order valence-corrected chi connectivity index (χ2v) is 7.85. The molecule has 3 atom stereocenters. The van der Waals surface area contributed by atoms with Gasteiger partial charge in [0, 0.05) is 38.9 Å². The average molecular weight is 357 g/mol. The van der Waals surface area contributed by atoms with Gasteiger partial charge in [-0.25, -0.2) is 0 Å². The van der Waals surface area contributed by atoms with E-state index >= 15 is 0 Å². The third-order valence-corrected chi connectivity index (χ3v) is 4.46. The van der Waals surface area contributed by atoms with Gasteiger partial charge in [0.15, 0.2) is 0 Å². The molecule has 2 heterocycles. The van der Waals surface area contributed by atoms with Gasteiger partial charge < -0.3 is 15.0 Å². The van der Waals surface area contributed by atoms with Crippen LogP contribution < -0.4 is 10.2 Å². The molecule has 140 valence electrons. The average Bonchev–Trinajstić information content (AvgIpc) is 3.05. The van der Waals surface area contributed by atoms with Crippen LogP contribution in [-0.2, 0) is 4.74 Å². The molecule has 0 saturated heterocycles. The van der Waals surface area contributed by atoms with Gasteiger partial charge in [-0.1, -0.05) is 0 Å². The number of nitrogens with zero attached hydrogens (tertiary/aromatic N) is 4. The Labute approximate surface area is 154 Å². The number of hydrogen-bond donors (Lipinski definition) is 1. The number of hydrogen-bond acceptors (Lipinski definition) is 5. The lowest BCUT2D eigenvalue weighted by Gasteiger charge is -2.46. The largest absolute Gasteiger partial charge is 0.377 e. The highest BCUT2D eigenvalue weighted by molar-refractivity contribution is 5.99. The van der Waals surface area contributed by atoms with Crippen molar-refractivity contribution in [1.82, 2.24) is 20.1 Å². The molecular weight excluding hydrogens is 330 g/mol. The van der Waals surface area contributed by atoms with Gasteiger partial charge >= 0.3 is 0 Å². The number of amides is 1. The minimum Gasteiger partial charge on any atom is -0.377 e. The summed E-state index contributed by atoms with van der Waals surface area (Å²) in [7, 11) is 3.82. The third kappa shape index (κ3) is 3.88. The van der Waals surface area contributed by atoms with Crippen molar-refractivity contribution in [2.75, 3.05) is 19.0 Å². The molecule has 0 aliphatic heterocycles. The first-order chi connectivity index (χ1) is 12.3. The van der Waals surface area contributed by atoms with Crippen molar-refractivity contribution in [3.8, 4) is 0 Å². The fourth-order valence-electron chi connectivity index (χ4n) is 3.32. The molecule has 1 fully saturated rings. The van der Waals surface area contributed by atoms with Gasteiger partial charge in [0.1, 0.15) is 0 Å². The van der Waals surface area contributed by atoms with Gasteiger partial charge in [-0.3, -0.25) is 14.5 Å². The summed E-state index contributed by atoms with van der Waals surface area (Å²) in [6.45, 7) is 6.12. The van der Waals surface area contributed by atoms with Crippen LogP contribution in [0.2, 0.25) is 0 Å². The molecule has 0 spiro atoms. The Morgan fingerprint density at radius 3 is 2.73 bits per heavy atom. The molecule has 0 aromatic carbocycles. The highest BCUT2D eigenvalue weighted by atomic mass is 16.5. The van der Waals surface area contributed by atoms with Crippen LogP contribution in [-0.4, -0.2) is 52.5 Å². The molecule has 7 nitrogen and oxygen atoms in total. The van der Waals surface area contributed by atoms with Crippen LogP contribution in [0.15, 0.2) is 36.9 Å². The van der Waals surface area contributed by atoms with Crippen molar-refractivity contribution in [2.45, 2.75) is 51.0 Å². The Kier molecular flexibility index (Phi) is 5.00. The lowest BCUT2D eigenvalue weighted by atomic mass is 9.82. The predicted octanol–water partition coefficient (Wildman–Crippen LogP) is 2.27. The first kappa shape index (κ1) is 18.4. The summed E-state index contributed by atoms with van der Waals surface area (Å²) in [5.41, 5.74) is 1.17. The van der Waals surface area contributed by atoms with Crippen LogP contribution in [0.3, 0.4) is 0 Å². The van der Waals surface area contributed by atoms with Gasteiger partial charge in [-0.15, -0.1) is 0 Å². The Hall–Kier alpha value is -2.41. The Morgan fingerprint density at radius 2 is 2.12 bits per heavy atom. The van der Waals surface area contributed by atoms with E-state index < -0.39 is 0 Å². The summed E-state index contributed by atoms with van der Waals surface area (Å²) in [6, 6.07) is 3.67. The quantitative estimate of drug-likeness (QED) is 0.889. The number of carbonyl (C=O) groups excluding carboxylic acids is 1. The zero-order valence-electron chi connectivity index (χ0n) is 16.0. The maximum atomic E-state index is 12.8. The van der Waals surface area contributed by atoms with E-state index in [2.05, 4.69) is 15.4 Å². The second kappa shape index (κ2) is 7.07. The van der Waals surface area contributed by atoms with E-state index in [-0.39, 0.29) is 29.7 Å². The Bertz CT molecular complexity index is 752. The molecular formula is C19H27N5O2. The van der Waals surface area contributed by atoms with Crippen LogP contribution in [0.1, 0.15) is 43.6 Å². The van der Waals surface area contributed by atoms with Gasteiger partial charge in [0.2, 0.25) is 0 Å². The van der Waals surface area contributed by atoms with E-state index in [0.717, 1.165) is 12.1 Å². The number of nitrogens with one attached hydrogen (secondary N) is 1. The molecule has 7 heteroatoms. The van der Waals surface area contributed by atoms with Crippen molar-refractivity contribution < 1.29 is 9.53 Å². The monoisotopic (exact) mass is 357 g/mol. The maximum Gasteiger partial charge on any atom is 0.255 e. The van der Waals surface area contributed by atoms with Crippen LogP contribution in [0.25, 0.3) is 0 Å². The summed E-state index contributed by atoms with van der Waals surface area (Å²) in [5, 5.41) is 7.49. The van der Waals surface area contributed by atoms with E-state index in [1.807, 2.05) is 62.8 Å². The van der Waals surface area contributed by atoms with E-state index in [1.165, 1.54) is 0 Å².